The first kappa shape index (κ1) is 9.45. The summed E-state index contributed by atoms with van der Waals surface area (Å²) in [5.74, 6) is -0.0227. The van der Waals surface area contributed by atoms with E-state index in [0.717, 1.165) is 5.71 Å². The second-order valence-electron chi connectivity index (χ2n) is 2.75. The van der Waals surface area contributed by atoms with Gasteiger partial charge in [-0.3, -0.25) is 4.79 Å². The SMILES string of the molecule is C=C/C=C(\C=C)N1N=C(C)CC1=O. The summed E-state index contributed by atoms with van der Waals surface area (Å²) in [6.07, 6.45) is 5.28. The highest BCUT2D eigenvalue weighted by molar-refractivity contribution is 6.04. The molecule has 1 rings (SSSR count). The first-order chi connectivity index (χ1) is 6.19. The number of hydrazone groups is 1. The van der Waals surface area contributed by atoms with Gasteiger partial charge in [-0.15, -0.1) is 0 Å². The summed E-state index contributed by atoms with van der Waals surface area (Å²) in [5.41, 5.74) is 1.48. The first-order valence-corrected chi connectivity index (χ1v) is 4.01. The average molecular weight is 176 g/mol. The lowest BCUT2D eigenvalue weighted by atomic mass is 10.3. The number of carbonyl (C=O) groups excluding carboxylic acids is 1. The maximum Gasteiger partial charge on any atom is 0.253 e. The van der Waals surface area contributed by atoms with E-state index in [1.54, 1.807) is 18.2 Å². The molecule has 0 aliphatic carbocycles. The number of amides is 1. The van der Waals surface area contributed by atoms with Crippen LogP contribution in [0.5, 0.6) is 0 Å². The lowest BCUT2D eigenvalue weighted by Crippen LogP contribution is -2.18. The number of carbonyl (C=O) groups is 1. The molecule has 0 spiro atoms. The fourth-order valence-corrected chi connectivity index (χ4v) is 1.10. The molecular formula is C10H12N2O. The minimum absolute atomic E-state index is 0.0227. The molecule has 1 aliphatic rings. The molecule has 0 N–H and O–H groups in total. The second-order valence-corrected chi connectivity index (χ2v) is 2.75. The van der Waals surface area contributed by atoms with Gasteiger partial charge in [0.25, 0.3) is 5.91 Å². The monoisotopic (exact) mass is 176 g/mol. The van der Waals surface area contributed by atoms with Gasteiger partial charge in [-0.2, -0.15) is 5.10 Å². The van der Waals surface area contributed by atoms with Gasteiger partial charge in [0.2, 0.25) is 0 Å². The highest BCUT2D eigenvalue weighted by atomic mass is 16.2. The molecule has 0 radical (unpaired) electrons. The molecule has 0 unspecified atom stereocenters. The molecule has 13 heavy (non-hydrogen) atoms. The van der Waals surface area contributed by atoms with Gasteiger partial charge < -0.3 is 0 Å². The molecule has 0 saturated carbocycles. The topological polar surface area (TPSA) is 32.7 Å². The summed E-state index contributed by atoms with van der Waals surface area (Å²) in [6.45, 7) is 8.98. The normalized spacial score (nSPS) is 17.3. The van der Waals surface area contributed by atoms with Crippen molar-refractivity contribution in [1.82, 2.24) is 5.01 Å². The molecule has 3 nitrogen and oxygen atoms in total. The van der Waals surface area contributed by atoms with E-state index in [4.69, 9.17) is 0 Å². The lowest BCUT2D eigenvalue weighted by Gasteiger charge is -2.11. The Morgan fingerprint density at radius 2 is 2.31 bits per heavy atom. The van der Waals surface area contributed by atoms with Crippen LogP contribution in [0.15, 0.2) is 42.2 Å². The highest BCUT2D eigenvalue weighted by Crippen LogP contribution is 2.15. The third-order valence-electron chi connectivity index (χ3n) is 1.66. The van der Waals surface area contributed by atoms with E-state index in [9.17, 15) is 4.79 Å². The Hall–Kier alpha value is -1.64. The molecule has 3 heteroatoms. The summed E-state index contributed by atoms with van der Waals surface area (Å²) in [4.78, 5) is 11.3. The Kier molecular flexibility index (Phi) is 2.80. The molecule has 0 bridgehead atoms. The van der Waals surface area contributed by atoms with E-state index in [1.165, 1.54) is 5.01 Å². The van der Waals surface area contributed by atoms with Crippen LogP contribution in [0, 0.1) is 0 Å². The van der Waals surface area contributed by atoms with Crippen LogP contribution in [0.3, 0.4) is 0 Å². The number of hydrogen-bond acceptors (Lipinski definition) is 2. The van der Waals surface area contributed by atoms with Crippen LogP contribution >= 0.6 is 0 Å². The third-order valence-corrected chi connectivity index (χ3v) is 1.66. The molecule has 0 fully saturated rings. The van der Waals surface area contributed by atoms with Crippen LogP contribution in [0.1, 0.15) is 13.3 Å². The molecule has 0 aromatic rings. The van der Waals surface area contributed by atoms with E-state index in [1.807, 2.05) is 6.92 Å². The van der Waals surface area contributed by atoms with Crippen LogP contribution in [-0.4, -0.2) is 16.6 Å². The van der Waals surface area contributed by atoms with Crippen molar-refractivity contribution in [3.8, 4) is 0 Å². The zero-order valence-electron chi connectivity index (χ0n) is 7.66. The molecule has 1 aliphatic heterocycles. The Morgan fingerprint density at radius 1 is 1.62 bits per heavy atom. The van der Waals surface area contributed by atoms with Gasteiger partial charge >= 0.3 is 0 Å². The molecule has 1 amide bonds. The minimum atomic E-state index is -0.0227. The van der Waals surface area contributed by atoms with Crippen LogP contribution in [0.25, 0.3) is 0 Å². The van der Waals surface area contributed by atoms with Crippen molar-refractivity contribution in [1.29, 1.82) is 0 Å². The predicted octanol–water partition coefficient (Wildman–Crippen LogP) is 1.85. The number of allylic oxidation sites excluding steroid dienone is 3. The molecule has 0 aromatic carbocycles. The van der Waals surface area contributed by atoms with Crippen molar-refractivity contribution < 1.29 is 4.79 Å². The van der Waals surface area contributed by atoms with Crippen molar-refractivity contribution in [2.45, 2.75) is 13.3 Å². The summed E-state index contributed by atoms with van der Waals surface area (Å²) < 4.78 is 0. The maximum atomic E-state index is 11.3. The van der Waals surface area contributed by atoms with Gasteiger partial charge in [0.1, 0.15) is 0 Å². The smallest absolute Gasteiger partial charge is 0.253 e. The molecule has 0 aromatic heterocycles. The average Bonchev–Trinajstić information content (AvgIpc) is 2.41. The third kappa shape index (κ3) is 1.93. The van der Waals surface area contributed by atoms with Gasteiger partial charge in [0.05, 0.1) is 12.1 Å². The van der Waals surface area contributed by atoms with Gasteiger partial charge in [-0.1, -0.05) is 19.2 Å². The Bertz CT molecular complexity index is 313. The van der Waals surface area contributed by atoms with Crippen LogP contribution in [-0.2, 0) is 4.79 Å². The minimum Gasteiger partial charge on any atom is -0.272 e. The van der Waals surface area contributed by atoms with Crippen LogP contribution < -0.4 is 0 Å². The quantitative estimate of drug-likeness (QED) is 0.604. The van der Waals surface area contributed by atoms with Crippen LogP contribution in [0.2, 0.25) is 0 Å². The van der Waals surface area contributed by atoms with Gasteiger partial charge in [-0.25, -0.2) is 5.01 Å². The lowest BCUT2D eigenvalue weighted by molar-refractivity contribution is -0.126. The molecule has 68 valence electrons. The van der Waals surface area contributed by atoms with Crippen molar-refractivity contribution in [2.24, 2.45) is 5.10 Å². The van der Waals surface area contributed by atoms with E-state index in [2.05, 4.69) is 18.3 Å². The molecule has 1 heterocycles. The summed E-state index contributed by atoms with van der Waals surface area (Å²) in [7, 11) is 0. The van der Waals surface area contributed by atoms with Crippen molar-refractivity contribution in [3.05, 3.63) is 37.1 Å². The van der Waals surface area contributed by atoms with E-state index in [-0.39, 0.29) is 5.91 Å². The van der Waals surface area contributed by atoms with Crippen molar-refractivity contribution in [3.63, 3.8) is 0 Å². The molecule has 0 saturated heterocycles. The number of hydrogen-bond donors (Lipinski definition) is 0. The summed E-state index contributed by atoms with van der Waals surface area (Å²) in [5, 5.41) is 5.42. The van der Waals surface area contributed by atoms with Gasteiger partial charge in [0.15, 0.2) is 0 Å². The number of nitrogens with zero attached hydrogens (tertiary/aromatic N) is 2. The van der Waals surface area contributed by atoms with Crippen molar-refractivity contribution >= 4 is 11.6 Å². The zero-order valence-corrected chi connectivity index (χ0v) is 7.66. The predicted molar refractivity (Wildman–Crippen MR) is 53.0 cm³/mol. The van der Waals surface area contributed by atoms with E-state index in [0.29, 0.717) is 12.1 Å². The Balaban J connectivity index is 2.93. The van der Waals surface area contributed by atoms with Crippen LogP contribution in [0.4, 0.5) is 0 Å². The van der Waals surface area contributed by atoms with Gasteiger partial charge in [-0.05, 0) is 19.1 Å². The Labute approximate surface area is 77.7 Å². The summed E-state index contributed by atoms with van der Waals surface area (Å²) in [6, 6.07) is 0. The standard InChI is InChI=1S/C10H12N2O/c1-4-6-9(5-2)12-10(13)7-8(3)11-12/h4-6H,1-2,7H2,3H3/b9-6+. The van der Waals surface area contributed by atoms with E-state index < -0.39 is 0 Å². The van der Waals surface area contributed by atoms with Crippen molar-refractivity contribution in [2.75, 3.05) is 0 Å². The van der Waals surface area contributed by atoms with E-state index >= 15 is 0 Å². The molecular weight excluding hydrogens is 164 g/mol. The Morgan fingerprint density at radius 3 is 2.69 bits per heavy atom. The number of rotatable bonds is 3. The molecule has 0 atom stereocenters. The van der Waals surface area contributed by atoms with Gasteiger partial charge in [0, 0.05) is 5.71 Å². The summed E-state index contributed by atoms with van der Waals surface area (Å²) >= 11 is 0. The maximum absolute atomic E-state index is 11.3. The largest absolute Gasteiger partial charge is 0.272 e. The zero-order chi connectivity index (χ0) is 9.84. The second kappa shape index (κ2) is 3.85. The fourth-order valence-electron chi connectivity index (χ4n) is 1.10. The first-order valence-electron chi connectivity index (χ1n) is 4.01. The fraction of sp³-hybridized carbons (Fsp3) is 0.200. The highest BCUT2D eigenvalue weighted by Gasteiger charge is 2.22.